The molecular weight excluding hydrogens is 244 g/mol. The van der Waals surface area contributed by atoms with Gasteiger partial charge in [0.1, 0.15) is 0 Å². The van der Waals surface area contributed by atoms with Crippen LogP contribution in [0.3, 0.4) is 0 Å². The molecule has 1 aromatic rings. The topological polar surface area (TPSA) is 15.3 Å². The number of halogens is 1. The summed E-state index contributed by atoms with van der Waals surface area (Å²) in [6, 6.07) is 7.45. The maximum atomic E-state index is 6.24. The third kappa shape index (κ3) is 2.81. The van der Waals surface area contributed by atoms with Gasteiger partial charge in [0, 0.05) is 35.9 Å². The van der Waals surface area contributed by atoms with E-state index in [9.17, 15) is 0 Å². The molecule has 1 aliphatic rings. The fourth-order valence-electron chi connectivity index (χ4n) is 2.46. The summed E-state index contributed by atoms with van der Waals surface area (Å²) >= 11 is 6.24. The summed E-state index contributed by atoms with van der Waals surface area (Å²) in [5.74, 6) is 0.654. The van der Waals surface area contributed by atoms with Crippen LogP contribution >= 0.6 is 11.6 Å². The number of hydrogen-bond donors (Lipinski definition) is 1. The summed E-state index contributed by atoms with van der Waals surface area (Å²) in [5.41, 5.74) is 2.38. The number of anilines is 1. The zero-order valence-corrected chi connectivity index (χ0v) is 12.5. The molecule has 0 radical (unpaired) electrons. The number of nitrogens with zero attached hydrogens (tertiary/aromatic N) is 1. The van der Waals surface area contributed by atoms with Crippen LogP contribution in [0, 0.1) is 12.8 Å². The summed E-state index contributed by atoms with van der Waals surface area (Å²) in [5, 5.41) is 4.48. The molecule has 2 rings (SSSR count). The second-order valence-electron chi connectivity index (χ2n) is 5.69. The minimum absolute atomic E-state index is 0.513. The number of benzene rings is 1. The lowest BCUT2D eigenvalue weighted by Gasteiger charge is -2.42. The predicted octanol–water partition coefficient (Wildman–Crippen LogP) is 3.47. The lowest BCUT2D eigenvalue weighted by atomic mass is 9.99. The molecule has 0 spiro atoms. The van der Waals surface area contributed by atoms with Crippen molar-refractivity contribution in [1.82, 2.24) is 5.32 Å². The first-order valence-electron chi connectivity index (χ1n) is 6.75. The first-order valence-corrected chi connectivity index (χ1v) is 7.13. The van der Waals surface area contributed by atoms with Crippen LogP contribution in [-0.2, 0) is 0 Å². The van der Waals surface area contributed by atoms with Crippen LogP contribution in [0.2, 0.25) is 5.02 Å². The quantitative estimate of drug-likeness (QED) is 0.882. The van der Waals surface area contributed by atoms with Crippen molar-refractivity contribution in [3.63, 3.8) is 0 Å². The van der Waals surface area contributed by atoms with Gasteiger partial charge in [0.2, 0.25) is 0 Å². The number of nitrogens with one attached hydrogen (secondary N) is 1. The summed E-state index contributed by atoms with van der Waals surface area (Å²) in [6.45, 7) is 10.9. The molecule has 2 unspecified atom stereocenters. The molecule has 3 heteroatoms. The summed E-state index contributed by atoms with van der Waals surface area (Å²) in [6.07, 6.45) is 0. The highest BCUT2D eigenvalue weighted by Crippen LogP contribution is 2.26. The fourth-order valence-corrected chi connectivity index (χ4v) is 2.63. The smallest absolute Gasteiger partial charge is 0.0455 e. The molecule has 0 amide bonds. The van der Waals surface area contributed by atoms with Crippen molar-refractivity contribution in [3.8, 4) is 0 Å². The Morgan fingerprint density at radius 2 is 2.11 bits per heavy atom. The maximum Gasteiger partial charge on any atom is 0.0455 e. The largest absolute Gasteiger partial charge is 0.366 e. The van der Waals surface area contributed by atoms with Crippen molar-refractivity contribution >= 4 is 17.3 Å². The highest BCUT2D eigenvalue weighted by atomic mass is 35.5. The number of rotatable bonds is 2. The normalized spacial score (nSPS) is 24.7. The Morgan fingerprint density at radius 1 is 1.39 bits per heavy atom. The average molecular weight is 267 g/mol. The molecule has 0 aliphatic carbocycles. The van der Waals surface area contributed by atoms with Crippen LogP contribution in [0.4, 0.5) is 5.69 Å². The Bertz CT molecular complexity index is 417. The molecule has 2 nitrogen and oxygen atoms in total. The monoisotopic (exact) mass is 266 g/mol. The van der Waals surface area contributed by atoms with Gasteiger partial charge in [-0.3, -0.25) is 0 Å². The van der Waals surface area contributed by atoms with Crippen LogP contribution in [0.15, 0.2) is 18.2 Å². The number of piperazine rings is 1. The van der Waals surface area contributed by atoms with Crippen LogP contribution < -0.4 is 10.2 Å². The zero-order chi connectivity index (χ0) is 13.3. The Kier molecular flexibility index (Phi) is 4.18. The van der Waals surface area contributed by atoms with Gasteiger partial charge in [0.05, 0.1) is 0 Å². The van der Waals surface area contributed by atoms with Crippen LogP contribution in [-0.4, -0.2) is 25.2 Å². The molecule has 0 aromatic heterocycles. The Morgan fingerprint density at radius 3 is 2.72 bits per heavy atom. The van der Waals surface area contributed by atoms with Gasteiger partial charge in [0.15, 0.2) is 0 Å². The van der Waals surface area contributed by atoms with Crippen LogP contribution in [0.1, 0.15) is 26.3 Å². The van der Waals surface area contributed by atoms with Crippen molar-refractivity contribution in [1.29, 1.82) is 0 Å². The van der Waals surface area contributed by atoms with E-state index < -0.39 is 0 Å². The molecule has 1 N–H and O–H groups in total. The second-order valence-corrected chi connectivity index (χ2v) is 6.10. The SMILES string of the molecule is Cc1ccc(N2CC(C(C)C)NCC2C)cc1Cl. The predicted molar refractivity (Wildman–Crippen MR) is 79.6 cm³/mol. The summed E-state index contributed by atoms with van der Waals surface area (Å²) in [7, 11) is 0. The van der Waals surface area contributed by atoms with Crippen molar-refractivity contribution < 1.29 is 0 Å². The van der Waals surface area contributed by atoms with Gasteiger partial charge in [-0.1, -0.05) is 31.5 Å². The second kappa shape index (κ2) is 5.50. The van der Waals surface area contributed by atoms with E-state index in [0.717, 1.165) is 23.7 Å². The molecule has 2 atom stereocenters. The maximum absolute atomic E-state index is 6.24. The minimum atomic E-state index is 0.513. The minimum Gasteiger partial charge on any atom is -0.366 e. The molecule has 1 aromatic carbocycles. The Hall–Kier alpha value is -0.730. The van der Waals surface area contributed by atoms with Crippen molar-refractivity contribution in [3.05, 3.63) is 28.8 Å². The van der Waals surface area contributed by atoms with Gasteiger partial charge >= 0.3 is 0 Å². The van der Waals surface area contributed by atoms with Crippen molar-refractivity contribution in [2.75, 3.05) is 18.0 Å². The Balaban J connectivity index is 2.21. The summed E-state index contributed by atoms with van der Waals surface area (Å²) in [4.78, 5) is 2.46. The van der Waals surface area contributed by atoms with E-state index >= 15 is 0 Å². The molecule has 1 heterocycles. The van der Waals surface area contributed by atoms with Gasteiger partial charge in [-0.2, -0.15) is 0 Å². The number of hydrogen-bond acceptors (Lipinski definition) is 2. The standard InChI is InChI=1S/C15H23ClN2/c1-10(2)15-9-18(12(4)8-17-15)13-6-5-11(3)14(16)7-13/h5-7,10,12,15,17H,8-9H2,1-4H3. The van der Waals surface area contributed by atoms with Gasteiger partial charge in [-0.15, -0.1) is 0 Å². The first kappa shape index (κ1) is 13.7. The van der Waals surface area contributed by atoms with Crippen molar-refractivity contribution in [2.45, 2.75) is 39.8 Å². The van der Waals surface area contributed by atoms with Gasteiger partial charge < -0.3 is 10.2 Å². The van der Waals surface area contributed by atoms with Gasteiger partial charge in [-0.25, -0.2) is 0 Å². The third-order valence-electron chi connectivity index (χ3n) is 3.89. The van der Waals surface area contributed by atoms with Crippen molar-refractivity contribution in [2.24, 2.45) is 5.92 Å². The average Bonchev–Trinajstić information content (AvgIpc) is 2.33. The lowest BCUT2D eigenvalue weighted by Crippen LogP contribution is -2.57. The molecule has 0 bridgehead atoms. The van der Waals surface area contributed by atoms with E-state index in [1.807, 2.05) is 6.92 Å². The van der Waals surface area contributed by atoms with E-state index in [1.165, 1.54) is 5.69 Å². The fraction of sp³-hybridized carbons (Fsp3) is 0.600. The molecule has 1 saturated heterocycles. The number of aryl methyl sites for hydroxylation is 1. The molecule has 18 heavy (non-hydrogen) atoms. The van der Waals surface area contributed by atoms with E-state index in [0.29, 0.717) is 18.0 Å². The lowest BCUT2D eigenvalue weighted by molar-refractivity contribution is 0.337. The third-order valence-corrected chi connectivity index (χ3v) is 4.30. The summed E-state index contributed by atoms with van der Waals surface area (Å²) < 4.78 is 0. The zero-order valence-electron chi connectivity index (χ0n) is 11.7. The van der Waals surface area contributed by atoms with Crippen LogP contribution in [0.5, 0.6) is 0 Å². The van der Waals surface area contributed by atoms with E-state index in [1.54, 1.807) is 0 Å². The van der Waals surface area contributed by atoms with Gasteiger partial charge in [-0.05, 0) is 37.5 Å². The molecule has 1 fully saturated rings. The van der Waals surface area contributed by atoms with Gasteiger partial charge in [0.25, 0.3) is 0 Å². The molecule has 0 saturated carbocycles. The van der Waals surface area contributed by atoms with E-state index in [4.69, 9.17) is 11.6 Å². The molecular formula is C15H23ClN2. The van der Waals surface area contributed by atoms with E-state index in [2.05, 4.69) is 49.2 Å². The molecule has 1 aliphatic heterocycles. The first-order chi connectivity index (χ1) is 8.49. The van der Waals surface area contributed by atoms with E-state index in [-0.39, 0.29) is 0 Å². The van der Waals surface area contributed by atoms with Crippen LogP contribution in [0.25, 0.3) is 0 Å². The Labute approximate surface area is 115 Å². The molecule has 100 valence electrons. The highest BCUT2D eigenvalue weighted by Gasteiger charge is 2.26. The highest BCUT2D eigenvalue weighted by molar-refractivity contribution is 6.31.